The van der Waals surface area contributed by atoms with E-state index in [4.69, 9.17) is 4.98 Å². The Balaban J connectivity index is 1.91. The zero-order valence-electron chi connectivity index (χ0n) is 10.6. The second kappa shape index (κ2) is 4.73. The van der Waals surface area contributed by atoms with Crippen LogP contribution in [-0.4, -0.2) is 16.5 Å². The Kier molecular flexibility index (Phi) is 3.10. The summed E-state index contributed by atoms with van der Waals surface area (Å²) in [5.41, 5.74) is 2.67. The van der Waals surface area contributed by atoms with Crippen molar-refractivity contribution in [3.8, 4) is 0 Å². The average molecular weight is 231 g/mol. The van der Waals surface area contributed by atoms with Crippen molar-refractivity contribution in [2.45, 2.75) is 57.4 Å². The maximum Gasteiger partial charge on any atom is 0.131 e. The Morgan fingerprint density at radius 1 is 1.29 bits per heavy atom. The molecular formula is C14H21N3. The summed E-state index contributed by atoms with van der Waals surface area (Å²) in [4.78, 5) is 9.39. The zero-order chi connectivity index (χ0) is 11.7. The van der Waals surface area contributed by atoms with Gasteiger partial charge in [0.1, 0.15) is 5.82 Å². The van der Waals surface area contributed by atoms with Crippen LogP contribution >= 0.6 is 0 Å². The minimum Gasteiger partial charge on any atom is -0.310 e. The normalized spacial score (nSPS) is 24.2. The fraction of sp³-hybridized carbons (Fsp3) is 0.714. The van der Waals surface area contributed by atoms with Gasteiger partial charge in [0.15, 0.2) is 0 Å². The van der Waals surface area contributed by atoms with Crippen molar-refractivity contribution in [1.29, 1.82) is 0 Å². The third kappa shape index (κ3) is 2.34. The zero-order valence-corrected chi connectivity index (χ0v) is 10.6. The van der Waals surface area contributed by atoms with Crippen LogP contribution in [0.4, 0.5) is 0 Å². The van der Waals surface area contributed by atoms with E-state index >= 15 is 0 Å². The molecule has 3 rings (SSSR count). The molecule has 0 aliphatic heterocycles. The second-order valence-corrected chi connectivity index (χ2v) is 5.26. The Labute approximate surface area is 103 Å². The molecule has 1 aromatic rings. The number of nitrogens with zero attached hydrogens (tertiary/aromatic N) is 2. The van der Waals surface area contributed by atoms with Gasteiger partial charge in [0.2, 0.25) is 0 Å². The van der Waals surface area contributed by atoms with Crippen molar-refractivity contribution < 1.29 is 0 Å². The molecule has 1 saturated carbocycles. The molecule has 1 aromatic heterocycles. The first kappa shape index (κ1) is 11.1. The second-order valence-electron chi connectivity index (χ2n) is 5.26. The molecule has 0 radical (unpaired) electrons. The summed E-state index contributed by atoms with van der Waals surface area (Å²) in [5, 5.41) is 3.56. The number of nitrogens with one attached hydrogen (secondary N) is 1. The van der Waals surface area contributed by atoms with E-state index in [9.17, 15) is 0 Å². The van der Waals surface area contributed by atoms with Crippen LogP contribution in [0.2, 0.25) is 0 Å². The van der Waals surface area contributed by atoms with E-state index in [0.717, 1.165) is 18.8 Å². The number of rotatable bonds is 3. The van der Waals surface area contributed by atoms with E-state index in [0.29, 0.717) is 12.0 Å². The average Bonchev–Trinajstić information content (AvgIpc) is 3.16. The van der Waals surface area contributed by atoms with Gasteiger partial charge in [-0.15, -0.1) is 0 Å². The molecular weight excluding hydrogens is 210 g/mol. The highest BCUT2D eigenvalue weighted by molar-refractivity contribution is 5.25. The number of hydrogen-bond donors (Lipinski definition) is 1. The summed E-state index contributed by atoms with van der Waals surface area (Å²) in [6.45, 7) is 3.19. The van der Waals surface area contributed by atoms with Crippen LogP contribution in [0.3, 0.4) is 0 Å². The molecule has 2 aliphatic rings. The van der Waals surface area contributed by atoms with Crippen LogP contribution in [0.5, 0.6) is 0 Å². The summed E-state index contributed by atoms with van der Waals surface area (Å²) in [6.07, 6.45) is 9.61. The van der Waals surface area contributed by atoms with Crippen LogP contribution in [-0.2, 0) is 6.42 Å². The molecule has 0 amide bonds. The SMILES string of the molecule is CCNC1CCCCc2nc(C3CC3)ncc21. The Hall–Kier alpha value is -0.960. The summed E-state index contributed by atoms with van der Waals surface area (Å²) in [7, 11) is 0. The quantitative estimate of drug-likeness (QED) is 0.813. The number of aryl methyl sites for hydroxylation is 1. The first-order valence-electron chi connectivity index (χ1n) is 6.97. The van der Waals surface area contributed by atoms with Gasteiger partial charge in [0.25, 0.3) is 0 Å². The largest absolute Gasteiger partial charge is 0.310 e. The third-order valence-electron chi connectivity index (χ3n) is 3.84. The molecule has 1 fully saturated rings. The lowest BCUT2D eigenvalue weighted by atomic mass is 10.0. The Morgan fingerprint density at radius 3 is 2.94 bits per heavy atom. The maximum absolute atomic E-state index is 4.82. The van der Waals surface area contributed by atoms with Crippen molar-refractivity contribution in [3.05, 3.63) is 23.3 Å². The van der Waals surface area contributed by atoms with Crippen LogP contribution in [0, 0.1) is 0 Å². The predicted molar refractivity (Wildman–Crippen MR) is 68.0 cm³/mol. The highest BCUT2D eigenvalue weighted by Gasteiger charge is 2.28. The van der Waals surface area contributed by atoms with E-state index in [1.54, 1.807) is 0 Å². The predicted octanol–water partition coefficient (Wildman–Crippen LogP) is 2.73. The lowest BCUT2D eigenvalue weighted by Gasteiger charge is -2.17. The molecule has 1 heterocycles. The van der Waals surface area contributed by atoms with Crippen molar-refractivity contribution in [3.63, 3.8) is 0 Å². The van der Waals surface area contributed by atoms with E-state index < -0.39 is 0 Å². The van der Waals surface area contributed by atoms with E-state index in [1.165, 1.54) is 43.4 Å². The molecule has 1 N–H and O–H groups in total. The standard InChI is InChI=1S/C14H21N3/c1-2-15-12-5-3-4-6-13-11(12)9-16-14(17-13)10-7-8-10/h9-10,12,15H,2-8H2,1H3. The smallest absolute Gasteiger partial charge is 0.131 e. The highest BCUT2D eigenvalue weighted by Crippen LogP contribution is 2.38. The van der Waals surface area contributed by atoms with Gasteiger partial charge >= 0.3 is 0 Å². The van der Waals surface area contributed by atoms with Crippen LogP contribution in [0.1, 0.15) is 68.1 Å². The molecule has 3 nitrogen and oxygen atoms in total. The van der Waals surface area contributed by atoms with Gasteiger partial charge < -0.3 is 5.32 Å². The first-order chi connectivity index (χ1) is 8.38. The van der Waals surface area contributed by atoms with Crippen molar-refractivity contribution in [2.75, 3.05) is 6.54 Å². The number of hydrogen-bond acceptors (Lipinski definition) is 3. The van der Waals surface area contributed by atoms with Gasteiger partial charge in [-0.3, -0.25) is 0 Å². The summed E-state index contributed by atoms with van der Waals surface area (Å²) in [6, 6.07) is 0.478. The first-order valence-corrected chi connectivity index (χ1v) is 6.97. The van der Waals surface area contributed by atoms with E-state index in [-0.39, 0.29) is 0 Å². The summed E-state index contributed by atoms with van der Waals surface area (Å²) < 4.78 is 0. The fourth-order valence-electron chi connectivity index (χ4n) is 2.73. The lowest BCUT2D eigenvalue weighted by Crippen LogP contribution is -2.22. The van der Waals surface area contributed by atoms with Crippen LogP contribution in [0.25, 0.3) is 0 Å². The molecule has 0 aromatic carbocycles. The fourth-order valence-corrected chi connectivity index (χ4v) is 2.73. The third-order valence-corrected chi connectivity index (χ3v) is 3.84. The summed E-state index contributed by atoms with van der Waals surface area (Å²) in [5.74, 6) is 1.77. The highest BCUT2D eigenvalue weighted by atomic mass is 14.9. The van der Waals surface area contributed by atoms with Gasteiger partial charge in [-0.05, 0) is 38.6 Å². The van der Waals surface area contributed by atoms with Crippen molar-refractivity contribution >= 4 is 0 Å². The van der Waals surface area contributed by atoms with Gasteiger partial charge in [-0.1, -0.05) is 13.3 Å². The topological polar surface area (TPSA) is 37.8 Å². The molecule has 0 saturated heterocycles. The molecule has 92 valence electrons. The van der Waals surface area contributed by atoms with Crippen molar-refractivity contribution in [2.24, 2.45) is 0 Å². The van der Waals surface area contributed by atoms with Crippen LogP contribution < -0.4 is 5.32 Å². The molecule has 0 spiro atoms. The lowest BCUT2D eigenvalue weighted by molar-refractivity contribution is 0.502. The molecule has 17 heavy (non-hydrogen) atoms. The molecule has 2 aliphatic carbocycles. The van der Waals surface area contributed by atoms with E-state index in [2.05, 4.69) is 23.4 Å². The minimum absolute atomic E-state index is 0.478. The van der Waals surface area contributed by atoms with Gasteiger partial charge in [-0.25, -0.2) is 9.97 Å². The molecule has 3 heteroatoms. The summed E-state index contributed by atoms with van der Waals surface area (Å²) >= 11 is 0. The molecule has 1 atom stereocenters. The van der Waals surface area contributed by atoms with Gasteiger partial charge in [0, 0.05) is 29.4 Å². The minimum atomic E-state index is 0.478. The Morgan fingerprint density at radius 2 is 2.18 bits per heavy atom. The number of aromatic nitrogens is 2. The molecule has 1 unspecified atom stereocenters. The van der Waals surface area contributed by atoms with Crippen molar-refractivity contribution in [1.82, 2.24) is 15.3 Å². The van der Waals surface area contributed by atoms with Crippen LogP contribution in [0.15, 0.2) is 6.20 Å². The monoisotopic (exact) mass is 231 g/mol. The number of fused-ring (bicyclic) bond motifs is 1. The van der Waals surface area contributed by atoms with Gasteiger partial charge in [-0.2, -0.15) is 0 Å². The molecule has 0 bridgehead atoms. The maximum atomic E-state index is 4.82. The Bertz CT molecular complexity index is 398. The van der Waals surface area contributed by atoms with E-state index in [1.807, 2.05) is 0 Å². The van der Waals surface area contributed by atoms with Gasteiger partial charge in [0.05, 0.1) is 0 Å².